The number of H-pyrrole nitrogens is 1. The van der Waals surface area contributed by atoms with Crippen LogP contribution in [0.2, 0.25) is 0 Å². The molecule has 1 heterocycles. The molecule has 1 unspecified atom stereocenters. The molecule has 1 aromatic heterocycles. The zero-order chi connectivity index (χ0) is 15.0. The highest BCUT2D eigenvalue weighted by atomic mass is 14.7. The summed E-state index contributed by atoms with van der Waals surface area (Å²) in [5.74, 6) is 7.66. The Kier molecular flexibility index (Phi) is 3.05. The summed E-state index contributed by atoms with van der Waals surface area (Å²) < 4.78 is 0. The molecule has 0 radical (unpaired) electrons. The molecule has 0 saturated heterocycles. The van der Waals surface area contributed by atoms with Crippen LogP contribution in [0.1, 0.15) is 30.9 Å². The summed E-state index contributed by atoms with van der Waals surface area (Å²) in [4.78, 5) is 3.41. The Balaban J connectivity index is 1.82. The second kappa shape index (κ2) is 5.07. The van der Waals surface area contributed by atoms with Gasteiger partial charge in [-0.05, 0) is 49.4 Å². The Morgan fingerprint density at radius 3 is 2.50 bits per heavy atom. The van der Waals surface area contributed by atoms with E-state index in [-0.39, 0.29) is 5.41 Å². The van der Waals surface area contributed by atoms with Gasteiger partial charge in [-0.15, -0.1) is 0 Å². The van der Waals surface area contributed by atoms with E-state index >= 15 is 0 Å². The van der Waals surface area contributed by atoms with Crippen LogP contribution < -0.4 is 0 Å². The van der Waals surface area contributed by atoms with Crippen molar-refractivity contribution in [3.05, 3.63) is 71.9 Å². The number of para-hydroxylation sites is 1. The molecule has 0 aliphatic heterocycles. The lowest BCUT2D eigenvalue weighted by atomic mass is 9.78. The molecule has 4 rings (SSSR count). The molecular formula is C21H19N. The zero-order valence-corrected chi connectivity index (χ0v) is 12.8. The van der Waals surface area contributed by atoms with E-state index in [0.29, 0.717) is 5.92 Å². The van der Waals surface area contributed by atoms with Crippen LogP contribution in [0.4, 0.5) is 0 Å². The third kappa shape index (κ3) is 2.22. The van der Waals surface area contributed by atoms with Crippen LogP contribution in [0.3, 0.4) is 0 Å². The second-order valence-corrected chi connectivity index (χ2v) is 6.34. The first kappa shape index (κ1) is 13.2. The van der Waals surface area contributed by atoms with Crippen molar-refractivity contribution in [3.8, 4) is 11.8 Å². The lowest BCUT2D eigenvalue weighted by molar-refractivity contribution is 0.540. The molecule has 0 bridgehead atoms. The third-order valence-electron chi connectivity index (χ3n) is 4.78. The molecule has 3 aromatic rings. The average molecular weight is 285 g/mol. The van der Waals surface area contributed by atoms with Gasteiger partial charge in [-0.1, -0.05) is 48.2 Å². The van der Waals surface area contributed by atoms with Crippen molar-refractivity contribution in [2.24, 2.45) is 5.92 Å². The Bertz CT molecular complexity index is 859. The van der Waals surface area contributed by atoms with Crippen molar-refractivity contribution in [2.45, 2.75) is 25.2 Å². The van der Waals surface area contributed by atoms with E-state index in [1.54, 1.807) is 0 Å². The number of rotatable bonds is 2. The predicted octanol–water partition coefficient (Wildman–Crippen LogP) is 4.89. The highest BCUT2D eigenvalue weighted by Crippen LogP contribution is 2.48. The van der Waals surface area contributed by atoms with Gasteiger partial charge in [0.2, 0.25) is 0 Å². The summed E-state index contributed by atoms with van der Waals surface area (Å²) >= 11 is 0. The number of hydrogen-bond acceptors (Lipinski definition) is 0. The van der Waals surface area contributed by atoms with Crippen LogP contribution in [0.5, 0.6) is 0 Å². The van der Waals surface area contributed by atoms with Gasteiger partial charge in [0.1, 0.15) is 0 Å². The van der Waals surface area contributed by atoms with Gasteiger partial charge >= 0.3 is 0 Å². The average Bonchev–Trinajstić information content (AvgIpc) is 3.33. The Morgan fingerprint density at radius 2 is 1.73 bits per heavy atom. The Labute approximate surface area is 131 Å². The smallest absolute Gasteiger partial charge is 0.0587 e. The monoisotopic (exact) mass is 285 g/mol. The normalized spacial score (nSPS) is 16.8. The molecule has 1 N–H and O–H groups in total. The molecule has 2 aromatic carbocycles. The minimum absolute atomic E-state index is 0.0740. The fourth-order valence-electron chi connectivity index (χ4n) is 3.27. The summed E-state index contributed by atoms with van der Waals surface area (Å²) in [6.07, 6.45) is 4.71. The van der Waals surface area contributed by atoms with Gasteiger partial charge in [-0.2, -0.15) is 0 Å². The van der Waals surface area contributed by atoms with E-state index in [1.165, 1.54) is 29.3 Å². The van der Waals surface area contributed by atoms with E-state index in [2.05, 4.69) is 66.3 Å². The number of aromatic amines is 1. The highest BCUT2D eigenvalue weighted by Gasteiger charge is 2.42. The van der Waals surface area contributed by atoms with Crippen LogP contribution in [0.15, 0.2) is 60.8 Å². The lowest BCUT2D eigenvalue weighted by Gasteiger charge is -2.23. The van der Waals surface area contributed by atoms with Crippen LogP contribution in [0, 0.1) is 17.8 Å². The van der Waals surface area contributed by atoms with Gasteiger partial charge in [-0.3, -0.25) is 0 Å². The molecule has 1 aliphatic carbocycles. The van der Waals surface area contributed by atoms with E-state index < -0.39 is 0 Å². The fraction of sp³-hybridized carbons (Fsp3) is 0.238. The van der Waals surface area contributed by atoms with E-state index in [0.717, 1.165) is 5.56 Å². The van der Waals surface area contributed by atoms with Crippen molar-refractivity contribution in [1.82, 2.24) is 4.98 Å². The van der Waals surface area contributed by atoms with E-state index in [9.17, 15) is 0 Å². The molecule has 1 heteroatoms. The molecule has 0 amide bonds. The molecule has 1 atom stereocenters. The predicted molar refractivity (Wildman–Crippen MR) is 91.7 cm³/mol. The van der Waals surface area contributed by atoms with Gasteiger partial charge in [0.15, 0.2) is 0 Å². The maximum Gasteiger partial charge on any atom is 0.0587 e. The number of nitrogens with one attached hydrogen (secondary N) is 1. The van der Waals surface area contributed by atoms with Crippen LogP contribution >= 0.6 is 0 Å². The summed E-state index contributed by atoms with van der Waals surface area (Å²) in [5, 5.41) is 1.30. The first-order chi connectivity index (χ1) is 10.8. The first-order valence-electron chi connectivity index (χ1n) is 7.92. The molecule has 1 nitrogen and oxygen atoms in total. The minimum Gasteiger partial charge on any atom is -0.361 e. The van der Waals surface area contributed by atoms with Crippen molar-refractivity contribution >= 4 is 10.9 Å². The van der Waals surface area contributed by atoms with Crippen LogP contribution in [-0.2, 0) is 5.41 Å². The molecule has 1 fully saturated rings. The zero-order valence-electron chi connectivity index (χ0n) is 12.8. The summed E-state index contributed by atoms with van der Waals surface area (Å²) in [6, 6.07) is 18.8. The fourth-order valence-corrected chi connectivity index (χ4v) is 3.27. The summed E-state index contributed by atoms with van der Waals surface area (Å²) in [5.41, 5.74) is 3.56. The lowest BCUT2D eigenvalue weighted by Crippen LogP contribution is -2.22. The van der Waals surface area contributed by atoms with Gasteiger partial charge in [0.05, 0.1) is 5.41 Å². The topological polar surface area (TPSA) is 15.8 Å². The SMILES string of the molecule is CC(C#Cc1ccccc1)(c1c[nH]c2ccccc12)C1CC1. The quantitative estimate of drug-likeness (QED) is 0.645. The Hall–Kier alpha value is -2.46. The van der Waals surface area contributed by atoms with Gasteiger partial charge in [0, 0.05) is 22.7 Å². The maximum absolute atomic E-state index is 3.60. The highest BCUT2D eigenvalue weighted by molar-refractivity contribution is 5.85. The summed E-state index contributed by atoms with van der Waals surface area (Å²) in [7, 11) is 0. The van der Waals surface area contributed by atoms with E-state index in [4.69, 9.17) is 0 Å². The largest absolute Gasteiger partial charge is 0.361 e. The van der Waals surface area contributed by atoms with Crippen molar-refractivity contribution in [1.29, 1.82) is 0 Å². The van der Waals surface area contributed by atoms with Crippen LogP contribution in [-0.4, -0.2) is 4.98 Å². The molecule has 1 saturated carbocycles. The molecule has 1 aliphatic rings. The standard InChI is InChI=1S/C21H19N/c1-21(17-11-12-17,14-13-16-7-3-2-4-8-16)19-15-22-20-10-6-5-9-18(19)20/h2-10,15,17,22H,11-12H2,1H3. The van der Waals surface area contributed by atoms with Gasteiger partial charge < -0.3 is 4.98 Å². The Morgan fingerprint density at radius 1 is 1.00 bits per heavy atom. The second-order valence-electron chi connectivity index (χ2n) is 6.34. The maximum atomic E-state index is 3.60. The molecule has 108 valence electrons. The number of fused-ring (bicyclic) bond motifs is 1. The molecule has 22 heavy (non-hydrogen) atoms. The van der Waals surface area contributed by atoms with Crippen molar-refractivity contribution < 1.29 is 0 Å². The van der Waals surface area contributed by atoms with Crippen LogP contribution in [0.25, 0.3) is 10.9 Å². The molecular weight excluding hydrogens is 266 g/mol. The molecule has 0 spiro atoms. The minimum atomic E-state index is -0.0740. The number of aromatic nitrogens is 1. The first-order valence-corrected chi connectivity index (χ1v) is 7.92. The summed E-state index contributed by atoms with van der Waals surface area (Å²) in [6.45, 7) is 2.30. The van der Waals surface area contributed by atoms with Crippen molar-refractivity contribution in [3.63, 3.8) is 0 Å². The van der Waals surface area contributed by atoms with E-state index in [1.807, 2.05) is 18.2 Å². The van der Waals surface area contributed by atoms with Gasteiger partial charge in [0.25, 0.3) is 0 Å². The van der Waals surface area contributed by atoms with Crippen molar-refractivity contribution in [2.75, 3.05) is 0 Å². The van der Waals surface area contributed by atoms with Gasteiger partial charge in [-0.25, -0.2) is 0 Å². The number of hydrogen-bond donors (Lipinski definition) is 1. The number of benzene rings is 2. The third-order valence-corrected chi connectivity index (χ3v) is 4.78.